The van der Waals surface area contributed by atoms with E-state index in [1.54, 1.807) is 29.8 Å². The molecule has 0 aromatic carbocycles. The smallest absolute Gasteiger partial charge is 0.307 e. The lowest BCUT2D eigenvalue weighted by Crippen LogP contribution is -2.26. The van der Waals surface area contributed by atoms with Crippen LogP contribution in [0.25, 0.3) is 0 Å². The summed E-state index contributed by atoms with van der Waals surface area (Å²) in [6.07, 6.45) is 1.78. The number of nitrogens with zero attached hydrogens (tertiary/aromatic N) is 1. The highest BCUT2D eigenvalue weighted by Crippen LogP contribution is 2.05. The molecule has 5 nitrogen and oxygen atoms in total. The van der Waals surface area contributed by atoms with Crippen molar-refractivity contribution < 1.29 is 14.3 Å². The Balaban J connectivity index is 1.64. The summed E-state index contributed by atoms with van der Waals surface area (Å²) in [5.41, 5.74) is 1.31. The van der Waals surface area contributed by atoms with Crippen molar-refractivity contribution in [3.05, 3.63) is 52.5 Å². The van der Waals surface area contributed by atoms with Crippen LogP contribution in [0.4, 0.5) is 0 Å². The standard InChI is InChI=1S/C14H14N2O3S/c17-13(19-9-12-3-1-2-6-15-12)4-7-16-14(18)11-5-8-20-10-11/h1-3,5-6,8,10H,4,7,9H2,(H,16,18). The predicted octanol–water partition coefficient (Wildman–Crippen LogP) is 2.01. The van der Waals surface area contributed by atoms with E-state index in [0.29, 0.717) is 11.3 Å². The molecule has 0 saturated heterocycles. The lowest BCUT2D eigenvalue weighted by molar-refractivity contribution is -0.144. The maximum absolute atomic E-state index is 11.6. The first-order chi connectivity index (χ1) is 9.75. The van der Waals surface area contributed by atoms with Gasteiger partial charge in [0.25, 0.3) is 5.91 Å². The number of hydrogen-bond donors (Lipinski definition) is 1. The maximum Gasteiger partial charge on any atom is 0.307 e. The van der Waals surface area contributed by atoms with Crippen molar-refractivity contribution in [2.75, 3.05) is 6.54 Å². The molecule has 6 heteroatoms. The first-order valence-corrected chi connectivity index (χ1v) is 7.06. The molecule has 0 aliphatic rings. The fourth-order valence-corrected chi connectivity index (χ4v) is 2.12. The first kappa shape index (κ1) is 14.2. The van der Waals surface area contributed by atoms with E-state index in [9.17, 15) is 9.59 Å². The van der Waals surface area contributed by atoms with Crippen molar-refractivity contribution in [3.8, 4) is 0 Å². The molecule has 0 atom stereocenters. The summed E-state index contributed by atoms with van der Waals surface area (Å²) in [7, 11) is 0. The Labute approximate surface area is 120 Å². The molecule has 0 aliphatic carbocycles. The third-order valence-corrected chi connectivity index (χ3v) is 3.19. The van der Waals surface area contributed by atoms with E-state index in [4.69, 9.17) is 4.74 Å². The lowest BCUT2D eigenvalue weighted by Gasteiger charge is -2.05. The highest BCUT2D eigenvalue weighted by Gasteiger charge is 2.07. The van der Waals surface area contributed by atoms with Crippen LogP contribution >= 0.6 is 11.3 Å². The van der Waals surface area contributed by atoms with Crippen LogP contribution in [0.3, 0.4) is 0 Å². The number of aromatic nitrogens is 1. The molecular weight excluding hydrogens is 276 g/mol. The number of rotatable bonds is 6. The SMILES string of the molecule is O=C(CCNC(=O)c1ccsc1)OCc1ccccn1. The van der Waals surface area contributed by atoms with Gasteiger partial charge in [-0.2, -0.15) is 11.3 Å². The van der Waals surface area contributed by atoms with Crippen LogP contribution in [-0.2, 0) is 16.1 Å². The van der Waals surface area contributed by atoms with Crippen molar-refractivity contribution in [2.45, 2.75) is 13.0 Å². The molecule has 0 saturated carbocycles. The number of pyridine rings is 1. The minimum Gasteiger partial charge on any atom is -0.459 e. The second-order valence-electron chi connectivity index (χ2n) is 4.00. The van der Waals surface area contributed by atoms with Gasteiger partial charge in [-0.25, -0.2) is 0 Å². The monoisotopic (exact) mass is 290 g/mol. The molecule has 104 valence electrons. The van der Waals surface area contributed by atoms with E-state index < -0.39 is 0 Å². The van der Waals surface area contributed by atoms with Crippen LogP contribution < -0.4 is 5.32 Å². The van der Waals surface area contributed by atoms with Gasteiger partial charge in [0.05, 0.1) is 12.1 Å². The largest absolute Gasteiger partial charge is 0.459 e. The van der Waals surface area contributed by atoms with Crippen molar-refractivity contribution in [3.63, 3.8) is 0 Å². The van der Waals surface area contributed by atoms with Crippen LogP contribution in [0.5, 0.6) is 0 Å². The summed E-state index contributed by atoms with van der Waals surface area (Å²) in [4.78, 5) is 27.1. The first-order valence-electron chi connectivity index (χ1n) is 6.11. The Morgan fingerprint density at radius 3 is 2.90 bits per heavy atom. The van der Waals surface area contributed by atoms with Crippen molar-refractivity contribution in [1.82, 2.24) is 10.3 Å². The zero-order chi connectivity index (χ0) is 14.2. The maximum atomic E-state index is 11.6. The molecule has 1 N–H and O–H groups in total. The molecule has 0 bridgehead atoms. The fourth-order valence-electron chi connectivity index (χ4n) is 1.48. The molecule has 2 rings (SSSR count). The van der Waals surface area contributed by atoms with Crippen LogP contribution in [-0.4, -0.2) is 23.4 Å². The van der Waals surface area contributed by atoms with Gasteiger partial charge in [-0.3, -0.25) is 14.6 Å². The highest BCUT2D eigenvalue weighted by molar-refractivity contribution is 7.08. The van der Waals surface area contributed by atoms with E-state index in [1.165, 1.54) is 11.3 Å². The minimum atomic E-state index is -0.360. The molecule has 2 heterocycles. The number of carbonyl (C=O) groups is 2. The Morgan fingerprint density at radius 2 is 2.20 bits per heavy atom. The lowest BCUT2D eigenvalue weighted by atomic mass is 10.3. The number of hydrogen-bond acceptors (Lipinski definition) is 5. The van der Waals surface area contributed by atoms with E-state index in [-0.39, 0.29) is 31.4 Å². The molecule has 0 aliphatic heterocycles. The Bertz CT molecular complexity index is 555. The molecule has 0 fully saturated rings. The molecule has 0 spiro atoms. The summed E-state index contributed by atoms with van der Waals surface area (Å²) in [5, 5.41) is 6.25. The normalized spacial score (nSPS) is 10.0. The van der Waals surface area contributed by atoms with Gasteiger partial charge in [-0.15, -0.1) is 0 Å². The van der Waals surface area contributed by atoms with Crippen LogP contribution in [0.1, 0.15) is 22.5 Å². The quantitative estimate of drug-likeness (QED) is 0.826. The van der Waals surface area contributed by atoms with Gasteiger partial charge >= 0.3 is 5.97 Å². The highest BCUT2D eigenvalue weighted by atomic mass is 32.1. The molecular formula is C14H14N2O3S. The molecule has 0 unspecified atom stereocenters. The average molecular weight is 290 g/mol. The summed E-state index contributed by atoms with van der Waals surface area (Å²) >= 11 is 1.45. The number of ether oxygens (including phenoxy) is 1. The van der Waals surface area contributed by atoms with Crippen LogP contribution in [0.2, 0.25) is 0 Å². The van der Waals surface area contributed by atoms with Gasteiger partial charge in [0.1, 0.15) is 6.61 Å². The van der Waals surface area contributed by atoms with E-state index in [2.05, 4.69) is 10.3 Å². The molecule has 0 radical (unpaired) electrons. The van der Waals surface area contributed by atoms with Crippen LogP contribution in [0.15, 0.2) is 41.2 Å². The number of thiophene rings is 1. The van der Waals surface area contributed by atoms with E-state index >= 15 is 0 Å². The van der Waals surface area contributed by atoms with Gasteiger partial charge in [-0.05, 0) is 23.6 Å². The zero-order valence-corrected chi connectivity index (χ0v) is 11.6. The predicted molar refractivity (Wildman–Crippen MR) is 75.3 cm³/mol. The Hall–Kier alpha value is -2.21. The third-order valence-electron chi connectivity index (χ3n) is 2.51. The van der Waals surface area contributed by atoms with E-state index in [1.807, 2.05) is 11.4 Å². The molecule has 20 heavy (non-hydrogen) atoms. The zero-order valence-electron chi connectivity index (χ0n) is 10.7. The molecule has 1 amide bonds. The van der Waals surface area contributed by atoms with Crippen LogP contribution in [0, 0.1) is 0 Å². The number of esters is 1. The third kappa shape index (κ3) is 4.47. The van der Waals surface area contributed by atoms with Gasteiger partial charge in [-0.1, -0.05) is 6.07 Å². The van der Waals surface area contributed by atoms with Gasteiger partial charge in [0.15, 0.2) is 0 Å². The fraction of sp³-hybridized carbons (Fsp3) is 0.214. The number of carbonyl (C=O) groups excluding carboxylic acids is 2. The van der Waals surface area contributed by atoms with Gasteiger partial charge in [0, 0.05) is 23.7 Å². The minimum absolute atomic E-state index is 0.142. The van der Waals surface area contributed by atoms with Gasteiger partial charge in [0.2, 0.25) is 0 Å². The second-order valence-corrected chi connectivity index (χ2v) is 4.78. The molecule has 2 aromatic rings. The average Bonchev–Trinajstić information content (AvgIpc) is 3.00. The topological polar surface area (TPSA) is 68.3 Å². The summed E-state index contributed by atoms with van der Waals surface area (Å²) in [5.74, 6) is -0.537. The molecule has 2 aromatic heterocycles. The van der Waals surface area contributed by atoms with Gasteiger partial charge < -0.3 is 10.1 Å². The van der Waals surface area contributed by atoms with Crippen molar-refractivity contribution in [1.29, 1.82) is 0 Å². The summed E-state index contributed by atoms with van der Waals surface area (Å²) in [6, 6.07) is 7.15. The second kappa shape index (κ2) is 7.40. The van der Waals surface area contributed by atoms with Crippen molar-refractivity contribution in [2.24, 2.45) is 0 Å². The van der Waals surface area contributed by atoms with Crippen molar-refractivity contribution >= 4 is 23.2 Å². The Kier molecular flexibility index (Phi) is 5.25. The summed E-state index contributed by atoms with van der Waals surface area (Å²) in [6.45, 7) is 0.411. The number of nitrogens with one attached hydrogen (secondary N) is 1. The number of amides is 1. The summed E-state index contributed by atoms with van der Waals surface area (Å²) < 4.78 is 5.05. The van der Waals surface area contributed by atoms with E-state index in [0.717, 1.165) is 0 Å². The Morgan fingerprint density at radius 1 is 1.30 bits per heavy atom.